The lowest BCUT2D eigenvalue weighted by molar-refractivity contribution is 0.0630. The van der Waals surface area contributed by atoms with E-state index in [4.69, 9.17) is 5.73 Å². The molecule has 5 rings (SSSR count). The summed E-state index contributed by atoms with van der Waals surface area (Å²) in [6.45, 7) is 6.68. The molecule has 0 radical (unpaired) electrons. The van der Waals surface area contributed by atoms with Gasteiger partial charge in [-0.1, -0.05) is 24.3 Å². The molecule has 3 N–H and O–H groups in total. The average Bonchev–Trinajstić information content (AvgIpc) is 3.32. The summed E-state index contributed by atoms with van der Waals surface area (Å²) in [4.78, 5) is 24.1. The molecule has 8 nitrogen and oxygen atoms in total. The number of nitrogens with one attached hydrogen (secondary N) is 1. The molecular weight excluding hydrogens is 469 g/mol. The summed E-state index contributed by atoms with van der Waals surface area (Å²) in [5.41, 5.74) is 10.9. The number of benzene rings is 2. The maximum Gasteiger partial charge on any atom is 0.256 e. The van der Waals surface area contributed by atoms with Crippen molar-refractivity contribution in [3.63, 3.8) is 0 Å². The maximum absolute atomic E-state index is 15.0. The van der Waals surface area contributed by atoms with E-state index < -0.39 is 5.82 Å². The number of aromatic nitrogens is 3. The molecule has 192 valence electrons. The predicted molar refractivity (Wildman–Crippen MR) is 145 cm³/mol. The monoisotopic (exact) mass is 501 g/mol. The number of fused-ring (bicyclic) bond motifs is 1. The summed E-state index contributed by atoms with van der Waals surface area (Å²) in [6.07, 6.45) is 1.66. The number of aromatic amines is 1. The molecule has 9 heteroatoms. The van der Waals surface area contributed by atoms with Crippen molar-refractivity contribution in [1.82, 2.24) is 29.9 Å². The predicted octanol–water partition coefficient (Wildman–Crippen LogP) is 3.64. The van der Waals surface area contributed by atoms with E-state index in [1.807, 2.05) is 51.4 Å². The average molecular weight is 502 g/mol. The Morgan fingerprint density at radius 1 is 1.11 bits per heavy atom. The molecule has 0 saturated carbocycles. The highest BCUT2D eigenvalue weighted by Gasteiger charge is 2.25. The SMILES string of the molecule is Cc1ccccc1-c1n[nH]c2ncc(-c3cc(F)c(N)c(C(=O)N4CCN(CCN(C)C)CC4)c3)cc12. The quantitative estimate of drug-likeness (QED) is 0.392. The van der Waals surface area contributed by atoms with Gasteiger partial charge in [0.2, 0.25) is 0 Å². The van der Waals surface area contributed by atoms with Crippen LogP contribution in [0.15, 0.2) is 48.7 Å². The third-order valence-electron chi connectivity index (χ3n) is 7.03. The van der Waals surface area contributed by atoms with E-state index in [9.17, 15) is 9.18 Å². The van der Waals surface area contributed by atoms with Crippen LogP contribution in [0.1, 0.15) is 15.9 Å². The van der Waals surface area contributed by atoms with Gasteiger partial charge in [-0.05, 0) is 50.3 Å². The van der Waals surface area contributed by atoms with Crippen molar-refractivity contribution in [3.05, 3.63) is 65.6 Å². The molecule has 0 spiro atoms. The zero-order valence-corrected chi connectivity index (χ0v) is 21.5. The van der Waals surface area contributed by atoms with Crippen LogP contribution in [0.2, 0.25) is 0 Å². The number of hydrogen-bond donors (Lipinski definition) is 2. The van der Waals surface area contributed by atoms with E-state index in [0.717, 1.165) is 48.4 Å². The third-order valence-corrected chi connectivity index (χ3v) is 7.03. The Kier molecular flexibility index (Phi) is 6.90. The molecule has 1 saturated heterocycles. The summed E-state index contributed by atoms with van der Waals surface area (Å²) in [7, 11) is 4.10. The molecule has 0 bridgehead atoms. The highest BCUT2D eigenvalue weighted by molar-refractivity contribution is 6.01. The fourth-order valence-electron chi connectivity index (χ4n) is 4.75. The molecular formula is C28H32FN7O. The van der Waals surface area contributed by atoms with Crippen LogP contribution in [0, 0.1) is 12.7 Å². The molecule has 0 atom stereocenters. The number of halogens is 1. The minimum atomic E-state index is -0.614. The van der Waals surface area contributed by atoms with Gasteiger partial charge in [-0.2, -0.15) is 5.10 Å². The van der Waals surface area contributed by atoms with E-state index >= 15 is 0 Å². The minimum Gasteiger partial charge on any atom is -0.396 e. The Morgan fingerprint density at radius 3 is 2.59 bits per heavy atom. The fourth-order valence-corrected chi connectivity index (χ4v) is 4.75. The molecule has 2 aromatic carbocycles. The Balaban J connectivity index is 1.43. The zero-order valence-electron chi connectivity index (χ0n) is 21.5. The number of nitrogens with two attached hydrogens (primary N) is 1. The van der Waals surface area contributed by atoms with Crippen LogP contribution in [-0.2, 0) is 0 Å². The van der Waals surface area contributed by atoms with Crippen LogP contribution >= 0.6 is 0 Å². The number of anilines is 1. The molecule has 2 aromatic heterocycles. The van der Waals surface area contributed by atoms with E-state index in [2.05, 4.69) is 25.0 Å². The van der Waals surface area contributed by atoms with Gasteiger partial charge < -0.3 is 15.5 Å². The third kappa shape index (κ3) is 5.05. The normalized spacial score (nSPS) is 14.6. The summed E-state index contributed by atoms with van der Waals surface area (Å²) in [6, 6.07) is 13.0. The van der Waals surface area contributed by atoms with Gasteiger partial charge in [0.1, 0.15) is 11.5 Å². The summed E-state index contributed by atoms with van der Waals surface area (Å²) in [5.74, 6) is -0.861. The second-order valence-corrected chi connectivity index (χ2v) is 9.86. The molecule has 1 aliphatic rings. The van der Waals surface area contributed by atoms with Crippen LogP contribution in [0.4, 0.5) is 10.1 Å². The number of carbonyl (C=O) groups is 1. The fraction of sp³-hybridized carbons (Fsp3) is 0.321. The van der Waals surface area contributed by atoms with Crippen LogP contribution in [0.5, 0.6) is 0 Å². The summed E-state index contributed by atoms with van der Waals surface area (Å²) >= 11 is 0. The van der Waals surface area contributed by atoms with Gasteiger partial charge in [-0.15, -0.1) is 0 Å². The van der Waals surface area contributed by atoms with Gasteiger partial charge >= 0.3 is 0 Å². The van der Waals surface area contributed by atoms with Gasteiger partial charge in [-0.3, -0.25) is 14.8 Å². The van der Waals surface area contributed by atoms with Gasteiger partial charge in [0.25, 0.3) is 5.91 Å². The largest absolute Gasteiger partial charge is 0.396 e. The Labute approximate surface area is 215 Å². The zero-order chi connectivity index (χ0) is 26.1. The Hall–Kier alpha value is -3.82. The number of rotatable bonds is 6. The number of nitrogen functional groups attached to an aromatic ring is 1. The number of carbonyl (C=O) groups excluding carboxylic acids is 1. The second-order valence-electron chi connectivity index (χ2n) is 9.86. The van der Waals surface area contributed by atoms with Crippen LogP contribution < -0.4 is 5.73 Å². The number of amides is 1. The van der Waals surface area contributed by atoms with Gasteiger partial charge in [0.05, 0.1) is 11.3 Å². The number of H-pyrrole nitrogens is 1. The molecule has 1 aliphatic heterocycles. The number of piperazine rings is 1. The smallest absolute Gasteiger partial charge is 0.256 e. The standard InChI is InChI=1S/C28H32FN7O/c1-18-6-4-5-7-21(18)26-23-15-20(17-31-27(23)33-32-26)19-14-22(25(30)24(29)16-19)28(37)36-12-10-35(11-13-36)9-8-34(2)3/h4-7,14-17H,8-13,30H2,1-3H3,(H,31,32,33). The molecule has 4 aromatic rings. The first-order valence-corrected chi connectivity index (χ1v) is 12.5. The Bertz CT molecular complexity index is 1440. The van der Waals surface area contributed by atoms with Crippen molar-refractivity contribution in [2.75, 3.05) is 59.1 Å². The number of aryl methyl sites for hydroxylation is 1. The molecule has 0 aliphatic carbocycles. The van der Waals surface area contributed by atoms with Crippen LogP contribution in [-0.4, -0.2) is 89.2 Å². The van der Waals surface area contributed by atoms with Gasteiger partial charge in [0.15, 0.2) is 5.65 Å². The molecule has 3 heterocycles. The van der Waals surface area contributed by atoms with E-state index in [-0.39, 0.29) is 17.2 Å². The minimum absolute atomic E-state index is 0.123. The summed E-state index contributed by atoms with van der Waals surface area (Å²) in [5, 5.41) is 8.29. The van der Waals surface area contributed by atoms with Crippen molar-refractivity contribution >= 4 is 22.6 Å². The highest BCUT2D eigenvalue weighted by atomic mass is 19.1. The first kappa shape index (κ1) is 24.9. The number of nitrogens with zero attached hydrogens (tertiary/aromatic N) is 5. The first-order chi connectivity index (χ1) is 17.8. The van der Waals surface area contributed by atoms with Crippen molar-refractivity contribution in [2.45, 2.75) is 6.92 Å². The Morgan fingerprint density at radius 2 is 1.86 bits per heavy atom. The van der Waals surface area contributed by atoms with Crippen molar-refractivity contribution in [1.29, 1.82) is 0 Å². The van der Waals surface area contributed by atoms with Crippen molar-refractivity contribution < 1.29 is 9.18 Å². The molecule has 1 amide bonds. The van der Waals surface area contributed by atoms with Crippen molar-refractivity contribution in [3.8, 4) is 22.4 Å². The lowest BCUT2D eigenvalue weighted by Gasteiger charge is -2.35. The second kappa shape index (κ2) is 10.3. The van der Waals surface area contributed by atoms with Crippen LogP contribution in [0.3, 0.4) is 0 Å². The maximum atomic E-state index is 15.0. The number of pyridine rings is 1. The van der Waals surface area contributed by atoms with Crippen molar-refractivity contribution in [2.24, 2.45) is 0 Å². The summed E-state index contributed by atoms with van der Waals surface area (Å²) < 4.78 is 15.0. The lowest BCUT2D eigenvalue weighted by atomic mass is 9.99. The molecule has 1 fully saturated rings. The highest BCUT2D eigenvalue weighted by Crippen LogP contribution is 2.33. The number of hydrogen-bond acceptors (Lipinski definition) is 6. The van der Waals surface area contributed by atoms with Gasteiger partial charge in [-0.25, -0.2) is 9.37 Å². The number of likely N-dealkylation sites (N-methyl/N-ethyl adjacent to an activating group) is 1. The van der Waals surface area contributed by atoms with E-state index in [1.54, 1.807) is 17.2 Å². The first-order valence-electron chi connectivity index (χ1n) is 12.5. The molecule has 0 unspecified atom stereocenters. The topological polar surface area (TPSA) is 94.4 Å². The van der Waals surface area contributed by atoms with E-state index in [1.165, 1.54) is 6.07 Å². The van der Waals surface area contributed by atoms with Gasteiger partial charge in [0, 0.05) is 62.0 Å². The lowest BCUT2D eigenvalue weighted by Crippen LogP contribution is -2.50. The molecule has 37 heavy (non-hydrogen) atoms. The van der Waals surface area contributed by atoms with Crippen LogP contribution in [0.25, 0.3) is 33.4 Å². The van der Waals surface area contributed by atoms with E-state index in [0.29, 0.717) is 29.9 Å².